The number of allylic oxidation sites excluding steroid dienone is 1. The second-order valence-corrected chi connectivity index (χ2v) is 5.83. The first-order chi connectivity index (χ1) is 12.7. The molecule has 1 aromatic heterocycles. The molecule has 0 amide bonds. The van der Waals surface area contributed by atoms with Crippen LogP contribution in [0.4, 0.5) is 5.69 Å². The van der Waals surface area contributed by atoms with Crippen LogP contribution in [0.15, 0.2) is 59.7 Å². The van der Waals surface area contributed by atoms with Gasteiger partial charge in [0.05, 0.1) is 11.1 Å². The van der Waals surface area contributed by atoms with Crippen molar-refractivity contribution in [2.75, 3.05) is 7.11 Å². The molecular formula is C19H15ClN4O2. The molecule has 1 heterocycles. The van der Waals surface area contributed by atoms with Gasteiger partial charge in [-0.2, -0.15) is 0 Å². The lowest BCUT2D eigenvalue weighted by Gasteiger charge is -2.04. The number of ketones is 1. The lowest BCUT2D eigenvalue weighted by atomic mass is 10.1. The second kappa shape index (κ2) is 7.89. The third kappa shape index (κ3) is 3.34. The zero-order valence-corrected chi connectivity index (χ0v) is 14.7. The quantitative estimate of drug-likeness (QED) is 0.183. The van der Waals surface area contributed by atoms with Gasteiger partial charge < -0.3 is 9.30 Å². The van der Waals surface area contributed by atoms with Crippen molar-refractivity contribution in [2.24, 2.45) is 5.11 Å². The molecule has 0 saturated heterocycles. The summed E-state index contributed by atoms with van der Waals surface area (Å²) in [6.45, 7) is 0.246. The summed E-state index contributed by atoms with van der Waals surface area (Å²) in [5.74, 6) is -0.239. The van der Waals surface area contributed by atoms with E-state index in [1.807, 2.05) is 24.3 Å². The van der Waals surface area contributed by atoms with Crippen molar-refractivity contribution < 1.29 is 9.53 Å². The molecule has 0 N–H and O–H groups in total. The van der Waals surface area contributed by atoms with Gasteiger partial charge in [-0.15, -0.1) is 0 Å². The topological polar surface area (TPSA) is 80.0 Å². The van der Waals surface area contributed by atoms with E-state index in [-0.39, 0.29) is 12.5 Å². The summed E-state index contributed by atoms with van der Waals surface area (Å²) in [7, 11) is 1.57. The highest BCUT2D eigenvalue weighted by Crippen LogP contribution is 2.31. The first-order valence-corrected chi connectivity index (χ1v) is 8.17. The van der Waals surface area contributed by atoms with Crippen molar-refractivity contribution >= 4 is 40.1 Å². The standard InChI is InChI=1S/C19H15ClN4O2/c1-26-12-24-16-9-5-3-7-14(16)18(19(24)20)17(25)11-10-13-6-2-4-8-15(13)22-23-21/h2-11H,12H2,1H3/b11-10+. The molecule has 0 fully saturated rings. The molecule has 0 aliphatic carbocycles. The van der Waals surface area contributed by atoms with Crippen LogP contribution in [0.25, 0.3) is 27.4 Å². The molecule has 0 aliphatic rings. The Morgan fingerprint density at radius 1 is 1.27 bits per heavy atom. The fourth-order valence-corrected chi connectivity index (χ4v) is 3.11. The highest BCUT2D eigenvalue weighted by molar-refractivity contribution is 6.36. The molecule has 0 spiro atoms. The highest BCUT2D eigenvalue weighted by Gasteiger charge is 2.19. The zero-order chi connectivity index (χ0) is 18.5. The van der Waals surface area contributed by atoms with Crippen molar-refractivity contribution in [1.29, 1.82) is 0 Å². The fourth-order valence-electron chi connectivity index (χ4n) is 2.78. The van der Waals surface area contributed by atoms with Gasteiger partial charge in [0.1, 0.15) is 11.9 Å². The average Bonchev–Trinajstić information content (AvgIpc) is 2.93. The van der Waals surface area contributed by atoms with Crippen LogP contribution < -0.4 is 0 Å². The Morgan fingerprint density at radius 3 is 2.77 bits per heavy atom. The molecule has 0 bridgehead atoms. The molecule has 0 unspecified atom stereocenters. The van der Waals surface area contributed by atoms with E-state index in [4.69, 9.17) is 21.9 Å². The van der Waals surface area contributed by atoms with Gasteiger partial charge in [-0.25, -0.2) is 0 Å². The first kappa shape index (κ1) is 17.8. The number of fused-ring (bicyclic) bond motifs is 1. The first-order valence-electron chi connectivity index (χ1n) is 7.79. The minimum absolute atomic E-state index is 0.239. The van der Waals surface area contributed by atoms with Gasteiger partial charge >= 0.3 is 0 Å². The molecule has 0 saturated carbocycles. The average molecular weight is 367 g/mol. The molecule has 0 radical (unpaired) electrons. The van der Waals surface area contributed by atoms with E-state index in [1.165, 1.54) is 6.08 Å². The number of halogens is 1. The van der Waals surface area contributed by atoms with Crippen LogP contribution in [0.5, 0.6) is 0 Å². The molecule has 26 heavy (non-hydrogen) atoms. The minimum Gasteiger partial charge on any atom is -0.364 e. The summed E-state index contributed by atoms with van der Waals surface area (Å²) in [5, 5.41) is 4.71. The van der Waals surface area contributed by atoms with Gasteiger partial charge in [0, 0.05) is 23.1 Å². The number of para-hydroxylation sites is 1. The van der Waals surface area contributed by atoms with Crippen LogP contribution in [-0.2, 0) is 11.5 Å². The van der Waals surface area contributed by atoms with Crippen molar-refractivity contribution in [3.05, 3.63) is 81.3 Å². The largest absolute Gasteiger partial charge is 0.364 e. The third-order valence-corrected chi connectivity index (χ3v) is 4.31. The summed E-state index contributed by atoms with van der Waals surface area (Å²) < 4.78 is 6.93. The van der Waals surface area contributed by atoms with Crippen LogP contribution in [0.3, 0.4) is 0 Å². The molecule has 3 aromatic rings. The number of carbonyl (C=O) groups is 1. The fraction of sp³-hybridized carbons (Fsp3) is 0.105. The van der Waals surface area contributed by atoms with E-state index in [0.717, 1.165) is 10.9 Å². The number of methoxy groups -OCH3 is 1. The Hall–Kier alpha value is -3.05. The van der Waals surface area contributed by atoms with Gasteiger partial charge in [0.2, 0.25) is 0 Å². The molecular weight excluding hydrogens is 352 g/mol. The Morgan fingerprint density at radius 2 is 2.00 bits per heavy atom. The number of benzene rings is 2. The lowest BCUT2D eigenvalue weighted by molar-refractivity contribution is 0.104. The van der Waals surface area contributed by atoms with Gasteiger partial charge in [0.25, 0.3) is 0 Å². The van der Waals surface area contributed by atoms with Crippen molar-refractivity contribution in [3.8, 4) is 0 Å². The summed E-state index contributed by atoms with van der Waals surface area (Å²) in [6.07, 6.45) is 3.04. The Labute approximate surface area is 154 Å². The normalized spacial score (nSPS) is 11.0. The number of hydrogen-bond donors (Lipinski definition) is 0. The molecule has 7 heteroatoms. The van der Waals surface area contributed by atoms with E-state index < -0.39 is 0 Å². The number of ether oxygens (including phenoxy) is 1. The van der Waals surface area contributed by atoms with Gasteiger partial charge in [-0.1, -0.05) is 65.3 Å². The number of azide groups is 1. The highest BCUT2D eigenvalue weighted by atomic mass is 35.5. The number of nitrogens with zero attached hydrogens (tertiary/aromatic N) is 4. The van der Waals surface area contributed by atoms with Gasteiger partial charge in [0.15, 0.2) is 5.78 Å². The van der Waals surface area contributed by atoms with Crippen LogP contribution in [0, 0.1) is 0 Å². The van der Waals surface area contributed by atoms with Crippen LogP contribution in [0.1, 0.15) is 15.9 Å². The van der Waals surface area contributed by atoms with Crippen molar-refractivity contribution in [2.45, 2.75) is 6.73 Å². The van der Waals surface area contributed by atoms with E-state index in [9.17, 15) is 4.79 Å². The summed E-state index contributed by atoms with van der Waals surface area (Å²) in [4.78, 5) is 15.6. The minimum atomic E-state index is -0.239. The maximum absolute atomic E-state index is 12.8. The number of rotatable bonds is 6. The number of aromatic nitrogens is 1. The smallest absolute Gasteiger partial charge is 0.189 e. The molecule has 0 atom stereocenters. The SMILES string of the molecule is COCn1c(Cl)c(C(=O)/C=C/c2ccccc2N=[N+]=[N-])c2ccccc21. The predicted octanol–water partition coefficient (Wildman–Crippen LogP) is 5.74. The Kier molecular flexibility index (Phi) is 5.39. The Bertz CT molecular complexity index is 1050. The van der Waals surface area contributed by atoms with Crippen molar-refractivity contribution in [3.63, 3.8) is 0 Å². The maximum atomic E-state index is 12.8. The van der Waals surface area contributed by atoms with E-state index >= 15 is 0 Å². The third-order valence-electron chi connectivity index (χ3n) is 3.92. The molecule has 0 aliphatic heterocycles. The van der Waals surface area contributed by atoms with Gasteiger partial charge in [-0.05, 0) is 23.2 Å². The number of hydrogen-bond acceptors (Lipinski definition) is 3. The second-order valence-electron chi connectivity index (χ2n) is 5.47. The maximum Gasteiger partial charge on any atom is 0.189 e. The van der Waals surface area contributed by atoms with E-state index in [1.54, 1.807) is 42.0 Å². The van der Waals surface area contributed by atoms with Crippen LogP contribution in [0.2, 0.25) is 5.15 Å². The summed E-state index contributed by atoms with van der Waals surface area (Å²) in [6, 6.07) is 14.5. The molecule has 130 valence electrons. The van der Waals surface area contributed by atoms with E-state index in [2.05, 4.69) is 10.0 Å². The Balaban J connectivity index is 2.04. The summed E-state index contributed by atoms with van der Waals surface area (Å²) in [5.41, 5.74) is 11.0. The lowest BCUT2D eigenvalue weighted by Crippen LogP contribution is -2.01. The molecule has 3 rings (SSSR count). The molecule has 6 nitrogen and oxygen atoms in total. The molecule has 2 aromatic carbocycles. The van der Waals surface area contributed by atoms with E-state index in [0.29, 0.717) is 22.0 Å². The van der Waals surface area contributed by atoms with Gasteiger partial charge in [-0.3, -0.25) is 4.79 Å². The van der Waals surface area contributed by atoms with Crippen LogP contribution >= 0.6 is 11.6 Å². The monoisotopic (exact) mass is 366 g/mol. The number of carbonyl (C=O) groups excluding carboxylic acids is 1. The van der Waals surface area contributed by atoms with Crippen molar-refractivity contribution in [1.82, 2.24) is 4.57 Å². The summed E-state index contributed by atoms with van der Waals surface area (Å²) >= 11 is 6.45. The predicted molar refractivity (Wildman–Crippen MR) is 103 cm³/mol. The zero-order valence-electron chi connectivity index (χ0n) is 14.0. The van der Waals surface area contributed by atoms with Crippen LogP contribution in [-0.4, -0.2) is 17.5 Å².